The van der Waals surface area contributed by atoms with Gasteiger partial charge in [0.25, 0.3) is 15.9 Å². The highest BCUT2D eigenvalue weighted by Gasteiger charge is 2.59. The molecule has 0 radical (unpaired) electrons. The summed E-state index contributed by atoms with van der Waals surface area (Å²) in [6, 6.07) is 12.7. The minimum Gasteiger partial charge on any atom is -0.497 e. The number of hydrogen-bond donors (Lipinski definition) is 3. The molecule has 4 amide bonds. The molecule has 0 spiro atoms. The molecule has 3 aliphatic rings. The predicted molar refractivity (Wildman–Crippen MR) is 181 cm³/mol. The molecule has 3 N–H and O–H groups in total. The lowest BCUT2D eigenvalue weighted by Gasteiger charge is -2.42. The van der Waals surface area contributed by atoms with Crippen LogP contribution in [-0.2, 0) is 20.4 Å². The van der Waals surface area contributed by atoms with Crippen molar-refractivity contribution in [3.05, 3.63) is 71.4 Å². The summed E-state index contributed by atoms with van der Waals surface area (Å²) in [5, 5.41) is 25.4. The third kappa shape index (κ3) is 6.21. The minimum atomic E-state index is -4.73. The molecule has 268 valence electrons. The Morgan fingerprint density at radius 1 is 1.04 bits per heavy atom. The van der Waals surface area contributed by atoms with E-state index in [9.17, 15) is 23.3 Å². The van der Waals surface area contributed by atoms with E-state index in [0.717, 1.165) is 0 Å². The molecule has 0 bridgehead atoms. The summed E-state index contributed by atoms with van der Waals surface area (Å²) < 4.78 is 46.3. The first-order valence-electron chi connectivity index (χ1n) is 16.2. The van der Waals surface area contributed by atoms with E-state index in [1.807, 2.05) is 6.07 Å². The minimum absolute atomic E-state index is 0.0120. The van der Waals surface area contributed by atoms with Crippen molar-refractivity contribution in [1.82, 2.24) is 25.4 Å². The van der Waals surface area contributed by atoms with Gasteiger partial charge >= 0.3 is 12.1 Å². The number of nitrogens with one attached hydrogen (secondary N) is 2. The van der Waals surface area contributed by atoms with Gasteiger partial charge in [-0.15, -0.1) is 0 Å². The molecule has 2 fully saturated rings. The molecule has 51 heavy (non-hydrogen) atoms. The lowest BCUT2D eigenvalue weighted by atomic mass is 9.83. The fourth-order valence-corrected chi connectivity index (χ4v) is 8.33. The van der Waals surface area contributed by atoms with Crippen molar-refractivity contribution in [2.75, 3.05) is 51.3 Å². The highest BCUT2D eigenvalue weighted by atomic mass is 32.2. The number of nitrogens with zero attached hydrogens (tertiary/aromatic N) is 5. The molecule has 3 aromatic rings. The largest absolute Gasteiger partial charge is 0.497 e. The average molecular weight is 720 g/mol. The topological polar surface area (TPSA) is 204 Å². The van der Waals surface area contributed by atoms with Gasteiger partial charge in [0, 0.05) is 56.1 Å². The molecule has 6 rings (SSSR count). The molecule has 1 aromatic heterocycles. The van der Waals surface area contributed by atoms with Crippen molar-refractivity contribution < 1.29 is 42.1 Å². The molecule has 2 saturated heterocycles. The normalized spacial score (nSPS) is 19.2. The Morgan fingerprint density at radius 2 is 1.78 bits per heavy atom. The van der Waals surface area contributed by atoms with Gasteiger partial charge in [0.05, 0.1) is 43.7 Å². The molecule has 2 aromatic carbocycles. The molecule has 17 heteroatoms. The van der Waals surface area contributed by atoms with Gasteiger partial charge in [0.15, 0.2) is 5.54 Å². The number of anilines is 1. The number of pyridine rings is 1. The smallest absolute Gasteiger partial charge is 0.407 e. The van der Waals surface area contributed by atoms with Crippen LogP contribution in [0.25, 0.3) is 0 Å². The highest BCUT2D eigenvalue weighted by molar-refractivity contribution is 7.93. The Hall–Kier alpha value is -5.60. The van der Waals surface area contributed by atoms with E-state index in [1.165, 1.54) is 72.7 Å². The van der Waals surface area contributed by atoms with Crippen molar-refractivity contribution in [3.63, 3.8) is 0 Å². The first-order valence-corrected chi connectivity index (χ1v) is 17.7. The monoisotopic (exact) mass is 719 g/mol. The number of carbonyl (C=O) groups excluding carboxylic acids is 2. The lowest BCUT2D eigenvalue weighted by Crippen LogP contribution is -2.63. The molecule has 0 saturated carbocycles. The maximum absolute atomic E-state index is 15.1. The standard InChI is InChI=1S/C34H37N7O9S/c1-4-50-30-25(6-5-13-36-30)34(38-32(43)39-14-11-22(12-15-39)37-23-19-40(20-23)33(44)45)26-16-21(18-35)7-9-27(26)41(31(34)42)51(46,47)29-10-8-24(48-2)17-28(29)49-3/h5-10,13,16-17,22-23,37H,4,11-12,14-15,19-20H2,1-3H3,(H,38,43)(H,44,45). The Bertz CT molecular complexity index is 2010. The molecule has 1 unspecified atom stereocenters. The van der Waals surface area contributed by atoms with Crippen LogP contribution in [0, 0.1) is 11.3 Å². The van der Waals surface area contributed by atoms with Gasteiger partial charge in [-0.25, -0.2) is 23.0 Å². The fraction of sp³-hybridized carbons (Fsp3) is 0.382. The van der Waals surface area contributed by atoms with Crippen molar-refractivity contribution in [2.24, 2.45) is 0 Å². The van der Waals surface area contributed by atoms with E-state index < -0.39 is 33.6 Å². The van der Waals surface area contributed by atoms with E-state index in [4.69, 9.17) is 19.3 Å². The Morgan fingerprint density at radius 3 is 2.43 bits per heavy atom. The first-order chi connectivity index (χ1) is 24.5. The van der Waals surface area contributed by atoms with E-state index in [1.54, 1.807) is 13.0 Å². The Labute approximate surface area is 294 Å². The number of aromatic nitrogens is 1. The maximum Gasteiger partial charge on any atom is 0.407 e. The number of fused-ring (bicyclic) bond motifs is 1. The van der Waals surface area contributed by atoms with E-state index >= 15 is 4.79 Å². The number of carboxylic acid groups (broad SMARTS) is 1. The molecule has 4 heterocycles. The van der Waals surface area contributed by atoms with Crippen LogP contribution in [-0.4, -0.2) is 105 Å². The van der Waals surface area contributed by atoms with Crippen molar-refractivity contribution in [1.29, 1.82) is 5.26 Å². The molecule has 3 aliphatic heterocycles. The van der Waals surface area contributed by atoms with Gasteiger partial charge in [-0.1, -0.05) is 0 Å². The highest BCUT2D eigenvalue weighted by Crippen LogP contribution is 2.50. The van der Waals surface area contributed by atoms with Crippen LogP contribution in [0.1, 0.15) is 36.5 Å². The van der Waals surface area contributed by atoms with Crippen LogP contribution < -0.4 is 29.1 Å². The zero-order valence-corrected chi connectivity index (χ0v) is 29.0. The summed E-state index contributed by atoms with van der Waals surface area (Å²) in [7, 11) is -2.03. The first kappa shape index (κ1) is 35.2. The number of hydrogen-bond acceptors (Lipinski definition) is 11. The van der Waals surface area contributed by atoms with Crippen molar-refractivity contribution >= 4 is 33.7 Å². The van der Waals surface area contributed by atoms with E-state index in [0.29, 0.717) is 49.1 Å². The number of sulfonamides is 1. The second-order valence-corrected chi connectivity index (χ2v) is 14.0. The molecular weight excluding hydrogens is 682 g/mol. The fourth-order valence-electron chi connectivity index (χ4n) is 6.72. The maximum atomic E-state index is 15.1. The average Bonchev–Trinajstić information content (AvgIpc) is 3.36. The summed E-state index contributed by atoms with van der Waals surface area (Å²) in [5.41, 5.74) is -2.05. The number of methoxy groups -OCH3 is 2. The third-order valence-electron chi connectivity index (χ3n) is 9.30. The second-order valence-electron chi connectivity index (χ2n) is 12.2. The number of ether oxygens (including phenoxy) is 3. The second kappa shape index (κ2) is 14.0. The molecule has 1 atom stereocenters. The Kier molecular flexibility index (Phi) is 9.64. The van der Waals surface area contributed by atoms with Gasteiger partial charge in [0.2, 0.25) is 5.88 Å². The zero-order chi connectivity index (χ0) is 36.5. The number of rotatable bonds is 10. The van der Waals surface area contributed by atoms with E-state index in [-0.39, 0.29) is 57.6 Å². The zero-order valence-electron chi connectivity index (χ0n) is 28.2. The van der Waals surface area contributed by atoms with Gasteiger partial charge in [0.1, 0.15) is 16.4 Å². The summed E-state index contributed by atoms with van der Waals surface area (Å²) >= 11 is 0. The van der Waals surface area contributed by atoms with Gasteiger partial charge in [-0.2, -0.15) is 9.57 Å². The van der Waals surface area contributed by atoms with Crippen LogP contribution in [0.5, 0.6) is 17.4 Å². The number of amides is 4. The lowest BCUT2D eigenvalue weighted by molar-refractivity contribution is -0.121. The number of urea groups is 1. The SMILES string of the molecule is CCOc1ncccc1C1(NC(=O)N2CCC(NC3CN(C(=O)O)C3)CC2)C(=O)N(S(=O)(=O)c2ccc(OC)cc2OC)c2ccc(C#N)cc21. The van der Waals surface area contributed by atoms with Gasteiger partial charge in [-0.3, -0.25) is 4.79 Å². The van der Waals surface area contributed by atoms with Crippen LogP contribution >= 0.6 is 0 Å². The number of carbonyl (C=O) groups is 3. The van der Waals surface area contributed by atoms with Crippen LogP contribution in [0.15, 0.2) is 59.6 Å². The number of likely N-dealkylation sites (tertiary alicyclic amines) is 2. The summed E-state index contributed by atoms with van der Waals surface area (Å²) in [5.74, 6) is -0.812. The Balaban J connectivity index is 1.41. The van der Waals surface area contributed by atoms with Crippen molar-refractivity contribution in [3.8, 4) is 23.4 Å². The molecule has 16 nitrogen and oxygen atoms in total. The van der Waals surface area contributed by atoms with Gasteiger partial charge in [-0.05, 0) is 62.2 Å². The van der Waals surface area contributed by atoms with Crippen LogP contribution in [0.4, 0.5) is 15.3 Å². The van der Waals surface area contributed by atoms with Crippen molar-refractivity contribution in [2.45, 2.75) is 42.3 Å². The summed E-state index contributed by atoms with van der Waals surface area (Å²) in [6.45, 7) is 3.23. The van der Waals surface area contributed by atoms with E-state index in [2.05, 4.69) is 15.6 Å². The number of benzene rings is 2. The van der Waals surface area contributed by atoms with Gasteiger partial charge < -0.3 is 39.8 Å². The van der Waals surface area contributed by atoms with Crippen LogP contribution in [0.2, 0.25) is 0 Å². The summed E-state index contributed by atoms with van der Waals surface area (Å²) in [6.07, 6.45) is 1.60. The third-order valence-corrected chi connectivity index (χ3v) is 11.0. The quantitative estimate of drug-likeness (QED) is 0.277. The number of nitriles is 1. The molecule has 0 aliphatic carbocycles. The predicted octanol–water partition coefficient (Wildman–Crippen LogP) is 2.47. The van der Waals surface area contributed by atoms with Crippen LogP contribution in [0.3, 0.4) is 0 Å². The summed E-state index contributed by atoms with van der Waals surface area (Å²) in [4.78, 5) is 47.4. The molecular formula is C34H37N7O9S. The number of piperidine rings is 1.